The second kappa shape index (κ2) is 7.49. The lowest BCUT2D eigenvalue weighted by Crippen LogP contribution is -2.17. The number of ether oxygens (including phenoxy) is 3. The second-order valence-corrected chi connectivity index (χ2v) is 5.82. The Kier molecular flexibility index (Phi) is 5.14. The number of hydrogen-bond acceptors (Lipinski definition) is 5. The molecule has 0 aliphatic rings. The summed E-state index contributed by atoms with van der Waals surface area (Å²) in [5.74, 6) is 2.80. The van der Waals surface area contributed by atoms with Gasteiger partial charge < -0.3 is 23.9 Å². The van der Waals surface area contributed by atoms with Crippen LogP contribution < -0.4 is 19.5 Å². The first-order chi connectivity index (χ1) is 12.2. The predicted octanol–water partition coefficient (Wildman–Crippen LogP) is 4.31. The van der Waals surface area contributed by atoms with Crippen molar-refractivity contribution in [3.8, 4) is 17.2 Å². The van der Waals surface area contributed by atoms with Gasteiger partial charge in [-0.3, -0.25) is 0 Å². The maximum absolute atomic E-state index is 5.91. The van der Waals surface area contributed by atoms with Crippen LogP contribution in [-0.2, 0) is 6.54 Å². The molecule has 2 aromatic carbocycles. The number of fused-ring (bicyclic) bond motifs is 1. The molecule has 0 spiro atoms. The van der Waals surface area contributed by atoms with Crippen molar-refractivity contribution >= 4 is 11.0 Å². The zero-order valence-corrected chi connectivity index (χ0v) is 15.0. The van der Waals surface area contributed by atoms with Crippen molar-refractivity contribution < 1.29 is 18.6 Å². The first-order valence-electron chi connectivity index (χ1n) is 8.17. The highest BCUT2D eigenvalue weighted by atomic mass is 16.5. The molecule has 0 bridgehead atoms. The van der Waals surface area contributed by atoms with Gasteiger partial charge in [0.15, 0.2) is 11.5 Å². The first kappa shape index (κ1) is 17.2. The third kappa shape index (κ3) is 3.56. The van der Waals surface area contributed by atoms with E-state index >= 15 is 0 Å². The molecule has 0 unspecified atom stereocenters. The predicted molar refractivity (Wildman–Crippen MR) is 97.6 cm³/mol. The highest BCUT2D eigenvalue weighted by molar-refractivity contribution is 5.77. The Morgan fingerprint density at radius 1 is 0.960 bits per heavy atom. The Morgan fingerprint density at radius 3 is 2.24 bits per heavy atom. The van der Waals surface area contributed by atoms with Crippen LogP contribution in [0.3, 0.4) is 0 Å². The lowest BCUT2D eigenvalue weighted by atomic mass is 10.1. The van der Waals surface area contributed by atoms with Crippen molar-refractivity contribution in [2.24, 2.45) is 0 Å². The van der Waals surface area contributed by atoms with Crippen LogP contribution in [0.25, 0.3) is 11.0 Å². The quantitative estimate of drug-likeness (QED) is 0.694. The Morgan fingerprint density at radius 2 is 1.64 bits per heavy atom. The summed E-state index contributed by atoms with van der Waals surface area (Å²) in [5.41, 5.74) is 1.94. The molecule has 5 nitrogen and oxygen atoms in total. The van der Waals surface area contributed by atoms with Gasteiger partial charge in [-0.05, 0) is 36.8 Å². The van der Waals surface area contributed by atoms with Crippen LogP contribution in [0, 0.1) is 0 Å². The summed E-state index contributed by atoms with van der Waals surface area (Å²) in [6.07, 6.45) is 0. The minimum Gasteiger partial charge on any atom is -0.493 e. The van der Waals surface area contributed by atoms with E-state index in [1.807, 2.05) is 36.4 Å². The molecule has 3 rings (SSSR count). The van der Waals surface area contributed by atoms with Crippen LogP contribution in [0.4, 0.5) is 0 Å². The molecule has 1 aromatic heterocycles. The molecule has 5 heteroatoms. The van der Waals surface area contributed by atoms with Gasteiger partial charge in [0.05, 0.1) is 27.4 Å². The molecule has 0 saturated carbocycles. The highest BCUT2D eigenvalue weighted by Gasteiger charge is 2.15. The number of benzene rings is 2. The van der Waals surface area contributed by atoms with Crippen LogP contribution in [0.2, 0.25) is 0 Å². The van der Waals surface area contributed by atoms with Crippen molar-refractivity contribution in [1.82, 2.24) is 5.32 Å². The van der Waals surface area contributed by atoms with Crippen molar-refractivity contribution in [3.63, 3.8) is 0 Å². The van der Waals surface area contributed by atoms with Crippen LogP contribution in [0.5, 0.6) is 17.2 Å². The summed E-state index contributed by atoms with van der Waals surface area (Å²) < 4.78 is 22.1. The van der Waals surface area contributed by atoms with E-state index in [0.717, 1.165) is 22.3 Å². The average molecular weight is 341 g/mol. The normalized spacial score (nSPS) is 12.2. The van der Waals surface area contributed by atoms with E-state index in [9.17, 15) is 0 Å². The molecule has 0 saturated heterocycles. The van der Waals surface area contributed by atoms with Gasteiger partial charge in [0.25, 0.3) is 0 Å². The molecule has 0 radical (unpaired) electrons. The van der Waals surface area contributed by atoms with Gasteiger partial charge in [-0.2, -0.15) is 0 Å². The lowest BCUT2D eigenvalue weighted by Gasteiger charge is -2.16. The molecule has 0 aliphatic heterocycles. The van der Waals surface area contributed by atoms with E-state index in [1.165, 1.54) is 0 Å². The zero-order valence-electron chi connectivity index (χ0n) is 15.0. The summed E-state index contributed by atoms with van der Waals surface area (Å²) in [4.78, 5) is 0. The van der Waals surface area contributed by atoms with E-state index in [2.05, 4.69) is 18.3 Å². The molecular weight excluding hydrogens is 318 g/mol. The first-order valence-corrected chi connectivity index (χ1v) is 8.17. The third-order valence-electron chi connectivity index (χ3n) is 4.21. The van der Waals surface area contributed by atoms with E-state index in [1.54, 1.807) is 21.3 Å². The number of hydrogen-bond donors (Lipinski definition) is 1. The smallest absolute Gasteiger partial charge is 0.203 e. The molecule has 1 N–H and O–H groups in total. The van der Waals surface area contributed by atoms with Crippen LogP contribution in [0.1, 0.15) is 24.3 Å². The summed E-state index contributed by atoms with van der Waals surface area (Å²) in [5, 5.41) is 4.58. The monoisotopic (exact) mass is 341 g/mol. The van der Waals surface area contributed by atoms with E-state index in [-0.39, 0.29) is 6.04 Å². The number of rotatable bonds is 7. The highest BCUT2D eigenvalue weighted by Crippen LogP contribution is 2.38. The van der Waals surface area contributed by atoms with Gasteiger partial charge in [0.2, 0.25) is 5.75 Å². The molecule has 0 amide bonds. The maximum atomic E-state index is 5.91. The third-order valence-corrected chi connectivity index (χ3v) is 4.21. The van der Waals surface area contributed by atoms with Gasteiger partial charge in [-0.1, -0.05) is 18.2 Å². The second-order valence-electron chi connectivity index (χ2n) is 5.82. The number of nitrogens with one attached hydrogen (secondary N) is 1. The number of furan rings is 1. The fourth-order valence-electron chi connectivity index (χ4n) is 2.82. The average Bonchev–Trinajstić information content (AvgIpc) is 3.09. The topological polar surface area (TPSA) is 52.9 Å². The van der Waals surface area contributed by atoms with Crippen molar-refractivity contribution in [2.45, 2.75) is 19.5 Å². The molecule has 0 fully saturated rings. The SMILES string of the molecule is COc1cc(CN[C@H](C)c2cc3ccccc3o2)cc(OC)c1OC. The standard InChI is InChI=1S/C20H23NO4/c1-13(17-11-15-7-5-6-8-16(15)25-17)21-12-14-9-18(22-2)20(24-4)19(10-14)23-3/h5-11,13,21H,12H2,1-4H3/t13-/m1/s1. The van der Waals surface area contributed by atoms with Crippen molar-refractivity contribution in [1.29, 1.82) is 0 Å². The fraction of sp³-hybridized carbons (Fsp3) is 0.300. The number of para-hydroxylation sites is 1. The Labute approximate surface area is 147 Å². The van der Waals surface area contributed by atoms with Gasteiger partial charge in [-0.15, -0.1) is 0 Å². The summed E-state index contributed by atoms with van der Waals surface area (Å²) in [7, 11) is 4.83. The number of methoxy groups -OCH3 is 3. The Hall–Kier alpha value is -2.66. The van der Waals surface area contributed by atoms with E-state index < -0.39 is 0 Å². The van der Waals surface area contributed by atoms with Crippen LogP contribution in [0.15, 0.2) is 46.9 Å². The largest absolute Gasteiger partial charge is 0.493 e. The van der Waals surface area contributed by atoms with Crippen molar-refractivity contribution in [3.05, 3.63) is 53.8 Å². The summed E-state index contributed by atoms with van der Waals surface area (Å²) in [6, 6.07) is 14.0. The maximum Gasteiger partial charge on any atom is 0.203 e. The van der Waals surface area contributed by atoms with E-state index in [4.69, 9.17) is 18.6 Å². The van der Waals surface area contributed by atoms with E-state index in [0.29, 0.717) is 23.8 Å². The summed E-state index contributed by atoms with van der Waals surface area (Å²) in [6.45, 7) is 2.73. The minimum absolute atomic E-state index is 0.0755. The molecule has 1 atom stereocenters. The molecular formula is C20H23NO4. The van der Waals surface area contributed by atoms with Crippen LogP contribution in [-0.4, -0.2) is 21.3 Å². The molecule has 3 aromatic rings. The molecule has 132 valence electrons. The minimum atomic E-state index is 0.0755. The lowest BCUT2D eigenvalue weighted by molar-refractivity contribution is 0.323. The fourth-order valence-corrected chi connectivity index (χ4v) is 2.82. The van der Waals surface area contributed by atoms with Gasteiger partial charge >= 0.3 is 0 Å². The van der Waals surface area contributed by atoms with Crippen molar-refractivity contribution in [2.75, 3.05) is 21.3 Å². The molecule has 0 aliphatic carbocycles. The van der Waals surface area contributed by atoms with Gasteiger partial charge in [-0.25, -0.2) is 0 Å². The van der Waals surface area contributed by atoms with Gasteiger partial charge in [0, 0.05) is 11.9 Å². The molecule has 1 heterocycles. The van der Waals surface area contributed by atoms with Gasteiger partial charge in [0.1, 0.15) is 11.3 Å². The molecule has 25 heavy (non-hydrogen) atoms. The Bertz CT molecular complexity index is 798. The van der Waals surface area contributed by atoms with Crippen LogP contribution >= 0.6 is 0 Å². The summed E-state index contributed by atoms with van der Waals surface area (Å²) >= 11 is 0. The zero-order chi connectivity index (χ0) is 17.8. The Balaban J connectivity index is 1.76.